The Bertz CT molecular complexity index is 870. The molecule has 0 saturated carbocycles. The normalized spacial score (nSPS) is 21.5. The van der Waals surface area contributed by atoms with Gasteiger partial charge in [0.2, 0.25) is 5.91 Å². The molecule has 4 rings (SSSR count). The largest absolute Gasteiger partial charge is 0.484 e. The Morgan fingerprint density at radius 2 is 1.63 bits per heavy atom. The number of benzene rings is 2. The fraction of sp³-hybridized carbons (Fsp3) is 0.364. The topological polar surface area (TPSA) is 73.9 Å². The number of nitrogens with one attached hydrogen (secondary N) is 2. The molecule has 0 bridgehead atoms. The highest BCUT2D eigenvalue weighted by Gasteiger charge is 2.37. The molecule has 158 valence electrons. The molecule has 0 spiro atoms. The van der Waals surface area contributed by atoms with Crippen molar-refractivity contribution in [3.05, 3.63) is 65.2 Å². The molecule has 2 heterocycles. The molecule has 8 heteroatoms. The minimum Gasteiger partial charge on any atom is -0.484 e. The SMILES string of the molecule is O=C(COc1ccc(Cl)cc1)N1CCN(C(=O)C2CNNC2c2ccccc2)CC1. The van der Waals surface area contributed by atoms with Crippen LogP contribution >= 0.6 is 11.6 Å². The van der Waals surface area contributed by atoms with Gasteiger partial charge in [-0.25, -0.2) is 5.43 Å². The van der Waals surface area contributed by atoms with Gasteiger partial charge >= 0.3 is 0 Å². The van der Waals surface area contributed by atoms with Crippen LogP contribution in [0, 0.1) is 5.92 Å². The molecule has 0 radical (unpaired) electrons. The lowest BCUT2D eigenvalue weighted by molar-refractivity contribution is -0.143. The van der Waals surface area contributed by atoms with Crippen LogP contribution in [-0.2, 0) is 9.59 Å². The van der Waals surface area contributed by atoms with E-state index in [4.69, 9.17) is 16.3 Å². The second kappa shape index (κ2) is 9.47. The summed E-state index contributed by atoms with van der Waals surface area (Å²) < 4.78 is 5.55. The maximum absolute atomic E-state index is 13.1. The van der Waals surface area contributed by atoms with Gasteiger partial charge in [0.1, 0.15) is 5.75 Å². The van der Waals surface area contributed by atoms with Crippen molar-refractivity contribution in [1.29, 1.82) is 0 Å². The zero-order valence-corrected chi connectivity index (χ0v) is 17.3. The number of amides is 2. The van der Waals surface area contributed by atoms with E-state index < -0.39 is 0 Å². The molecular weight excluding hydrogens is 404 g/mol. The smallest absolute Gasteiger partial charge is 0.260 e. The lowest BCUT2D eigenvalue weighted by atomic mass is 9.93. The quantitative estimate of drug-likeness (QED) is 0.760. The zero-order valence-electron chi connectivity index (χ0n) is 16.6. The van der Waals surface area contributed by atoms with Gasteiger partial charge in [0.05, 0.1) is 12.0 Å². The number of ether oxygens (including phenoxy) is 1. The van der Waals surface area contributed by atoms with E-state index in [1.807, 2.05) is 35.2 Å². The monoisotopic (exact) mass is 428 g/mol. The first kappa shape index (κ1) is 20.7. The van der Waals surface area contributed by atoms with Crippen molar-refractivity contribution < 1.29 is 14.3 Å². The standard InChI is InChI=1S/C22H25ClN4O3/c23-17-6-8-18(9-7-17)30-15-20(28)26-10-12-27(13-11-26)22(29)19-14-24-25-21(19)16-4-2-1-3-5-16/h1-9,19,21,24-25H,10-15H2. The fourth-order valence-electron chi connectivity index (χ4n) is 3.88. The average Bonchev–Trinajstić information content (AvgIpc) is 3.29. The number of hydrogen-bond donors (Lipinski definition) is 2. The maximum Gasteiger partial charge on any atom is 0.260 e. The van der Waals surface area contributed by atoms with Crippen LogP contribution in [0.15, 0.2) is 54.6 Å². The lowest BCUT2D eigenvalue weighted by Crippen LogP contribution is -2.53. The summed E-state index contributed by atoms with van der Waals surface area (Å²) in [6.45, 7) is 2.65. The van der Waals surface area contributed by atoms with Crippen LogP contribution in [0.3, 0.4) is 0 Å². The van der Waals surface area contributed by atoms with E-state index in [0.29, 0.717) is 43.5 Å². The summed E-state index contributed by atoms with van der Waals surface area (Å²) in [4.78, 5) is 29.2. The molecule has 2 atom stereocenters. The third-order valence-corrected chi connectivity index (χ3v) is 5.83. The number of carbonyl (C=O) groups is 2. The highest BCUT2D eigenvalue weighted by atomic mass is 35.5. The molecule has 30 heavy (non-hydrogen) atoms. The van der Waals surface area contributed by atoms with Crippen molar-refractivity contribution in [2.45, 2.75) is 6.04 Å². The van der Waals surface area contributed by atoms with Crippen LogP contribution in [-0.4, -0.2) is 60.9 Å². The summed E-state index contributed by atoms with van der Waals surface area (Å²) in [5.41, 5.74) is 7.43. The van der Waals surface area contributed by atoms with Crippen LogP contribution in [0.2, 0.25) is 5.02 Å². The van der Waals surface area contributed by atoms with E-state index >= 15 is 0 Å². The Hall–Kier alpha value is -2.61. The second-order valence-corrected chi connectivity index (χ2v) is 7.91. The summed E-state index contributed by atoms with van der Waals surface area (Å²) in [7, 11) is 0. The first-order chi connectivity index (χ1) is 14.6. The van der Waals surface area contributed by atoms with E-state index in [9.17, 15) is 9.59 Å². The molecule has 2 aromatic carbocycles. The molecule has 2 aliphatic heterocycles. The number of hydrazine groups is 1. The summed E-state index contributed by atoms with van der Waals surface area (Å²) >= 11 is 5.86. The predicted octanol–water partition coefficient (Wildman–Crippen LogP) is 1.85. The van der Waals surface area contributed by atoms with Gasteiger partial charge in [-0.15, -0.1) is 0 Å². The van der Waals surface area contributed by atoms with Crippen molar-refractivity contribution in [1.82, 2.24) is 20.7 Å². The van der Waals surface area contributed by atoms with Gasteiger partial charge in [0.15, 0.2) is 6.61 Å². The molecule has 7 nitrogen and oxygen atoms in total. The summed E-state index contributed by atoms with van der Waals surface area (Å²) in [6.07, 6.45) is 0. The Balaban J connectivity index is 1.28. The van der Waals surface area contributed by atoms with Gasteiger partial charge in [-0.1, -0.05) is 41.9 Å². The highest BCUT2D eigenvalue weighted by Crippen LogP contribution is 2.26. The van der Waals surface area contributed by atoms with Gasteiger partial charge in [0, 0.05) is 37.7 Å². The minimum atomic E-state index is -0.164. The average molecular weight is 429 g/mol. The Morgan fingerprint density at radius 3 is 2.33 bits per heavy atom. The van der Waals surface area contributed by atoms with Crippen molar-refractivity contribution in [2.75, 3.05) is 39.3 Å². The van der Waals surface area contributed by atoms with E-state index in [0.717, 1.165) is 5.56 Å². The molecule has 2 unspecified atom stereocenters. The van der Waals surface area contributed by atoms with E-state index in [2.05, 4.69) is 10.9 Å². The summed E-state index contributed by atoms with van der Waals surface area (Å²) in [5.74, 6) is 0.479. The molecule has 0 aromatic heterocycles. The number of rotatable bonds is 5. The predicted molar refractivity (Wildman–Crippen MR) is 114 cm³/mol. The van der Waals surface area contributed by atoms with Crippen molar-refractivity contribution in [2.24, 2.45) is 5.92 Å². The van der Waals surface area contributed by atoms with Crippen LogP contribution < -0.4 is 15.6 Å². The molecule has 2 saturated heterocycles. The van der Waals surface area contributed by atoms with Crippen LogP contribution in [0.4, 0.5) is 0 Å². The molecule has 2 amide bonds. The fourth-order valence-corrected chi connectivity index (χ4v) is 4.01. The summed E-state index contributed by atoms with van der Waals surface area (Å²) in [5, 5.41) is 0.622. The minimum absolute atomic E-state index is 0.0257. The van der Waals surface area contributed by atoms with Crippen molar-refractivity contribution >= 4 is 23.4 Å². The molecule has 2 N–H and O–H groups in total. The molecule has 2 fully saturated rings. The lowest BCUT2D eigenvalue weighted by Gasteiger charge is -2.36. The van der Waals surface area contributed by atoms with Crippen LogP contribution in [0.25, 0.3) is 0 Å². The van der Waals surface area contributed by atoms with E-state index in [-0.39, 0.29) is 30.4 Å². The Morgan fingerprint density at radius 1 is 0.967 bits per heavy atom. The Kier molecular flexibility index (Phi) is 6.52. The third-order valence-electron chi connectivity index (χ3n) is 5.58. The Labute approximate surface area is 180 Å². The maximum atomic E-state index is 13.1. The zero-order chi connectivity index (χ0) is 20.9. The van der Waals surface area contributed by atoms with Gasteiger partial charge in [-0.3, -0.25) is 15.0 Å². The molecule has 2 aromatic rings. The van der Waals surface area contributed by atoms with Crippen LogP contribution in [0.1, 0.15) is 11.6 Å². The third kappa shape index (κ3) is 4.75. The summed E-state index contributed by atoms with van der Waals surface area (Å²) in [6, 6.07) is 16.9. The number of piperazine rings is 1. The van der Waals surface area contributed by atoms with E-state index in [1.165, 1.54) is 0 Å². The van der Waals surface area contributed by atoms with Crippen molar-refractivity contribution in [3.63, 3.8) is 0 Å². The van der Waals surface area contributed by atoms with Gasteiger partial charge in [-0.05, 0) is 29.8 Å². The first-order valence-corrected chi connectivity index (χ1v) is 10.5. The van der Waals surface area contributed by atoms with Crippen molar-refractivity contribution in [3.8, 4) is 5.75 Å². The molecule has 2 aliphatic rings. The van der Waals surface area contributed by atoms with Gasteiger partial charge in [0.25, 0.3) is 5.91 Å². The number of hydrogen-bond acceptors (Lipinski definition) is 5. The second-order valence-electron chi connectivity index (χ2n) is 7.47. The number of halogens is 1. The molecule has 0 aliphatic carbocycles. The van der Waals surface area contributed by atoms with Gasteiger partial charge in [-0.2, -0.15) is 0 Å². The first-order valence-electron chi connectivity index (χ1n) is 10.1. The molecular formula is C22H25ClN4O3. The van der Waals surface area contributed by atoms with Gasteiger partial charge < -0.3 is 14.5 Å². The van der Waals surface area contributed by atoms with Crippen LogP contribution in [0.5, 0.6) is 5.75 Å². The number of carbonyl (C=O) groups excluding carboxylic acids is 2. The number of nitrogens with zero attached hydrogens (tertiary/aromatic N) is 2. The van der Waals surface area contributed by atoms with E-state index in [1.54, 1.807) is 29.2 Å². The highest BCUT2D eigenvalue weighted by molar-refractivity contribution is 6.30.